The van der Waals surface area contributed by atoms with Crippen LogP contribution in [0.2, 0.25) is 0 Å². The van der Waals surface area contributed by atoms with Gasteiger partial charge in [0.25, 0.3) is 0 Å². The molecule has 1 fully saturated rings. The third-order valence-electron chi connectivity index (χ3n) is 5.52. The lowest BCUT2D eigenvalue weighted by Gasteiger charge is -2.23. The maximum absolute atomic E-state index is 12.6. The Bertz CT molecular complexity index is 960. The molecule has 1 aliphatic rings. The average molecular weight is 405 g/mol. The zero-order chi connectivity index (χ0) is 20.8. The number of amides is 3. The molecule has 0 spiro atoms. The van der Waals surface area contributed by atoms with Crippen LogP contribution < -0.4 is 16.0 Å². The summed E-state index contributed by atoms with van der Waals surface area (Å²) in [5.41, 5.74) is 1.68. The summed E-state index contributed by atoms with van der Waals surface area (Å²) < 4.78 is 6.00. The van der Waals surface area contributed by atoms with Gasteiger partial charge in [0, 0.05) is 11.4 Å². The van der Waals surface area contributed by atoms with Crippen molar-refractivity contribution >= 4 is 22.9 Å². The fourth-order valence-corrected chi connectivity index (χ4v) is 3.96. The van der Waals surface area contributed by atoms with Crippen molar-refractivity contribution in [2.45, 2.75) is 44.2 Å². The van der Waals surface area contributed by atoms with E-state index in [1.807, 2.05) is 60.7 Å². The zero-order valence-electron chi connectivity index (χ0n) is 16.9. The molecule has 30 heavy (non-hydrogen) atoms. The van der Waals surface area contributed by atoms with Gasteiger partial charge in [-0.1, -0.05) is 67.8 Å². The lowest BCUT2D eigenvalue weighted by Crippen LogP contribution is -2.46. The molecular formula is C24H27N3O3. The number of urea groups is 1. The number of para-hydroxylation sites is 1. The SMILES string of the molecule is O=C(CNC(=O)NC1CCCCC1)NC(c1ccccc1)c1cc2ccccc2o1. The van der Waals surface area contributed by atoms with E-state index < -0.39 is 6.04 Å². The highest BCUT2D eigenvalue weighted by atomic mass is 16.3. The van der Waals surface area contributed by atoms with Gasteiger partial charge in [0.1, 0.15) is 17.4 Å². The van der Waals surface area contributed by atoms with Crippen LogP contribution in [0.1, 0.15) is 49.5 Å². The molecule has 6 heteroatoms. The number of rotatable bonds is 6. The smallest absolute Gasteiger partial charge is 0.315 e. The minimum absolute atomic E-state index is 0.0951. The second kappa shape index (κ2) is 9.48. The van der Waals surface area contributed by atoms with Gasteiger partial charge in [-0.15, -0.1) is 0 Å². The Morgan fingerprint density at radius 2 is 1.70 bits per heavy atom. The Balaban J connectivity index is 1.41. The average Bonchev–Trinajstić information content (AvgIpc) is 3.21. The van der Waals surface area contributed by atoms with Crippen LogP contribution in [0.25, 0.3) is 11.0 Å². The van der Waals surface area contributed by atoms with Crippen LogP contribution in [-0.4, -0.2) is 24.5 Å². The van der Waals surface area contributed by atoms with Gasteiger partial charge in [-0.2, -0.15) is 0 Å². The molecule has 0 radical (unpaired) electrons. The highest BCUT2D eigenvalue weighted by Crippen LogP contribution is 2.28. The molecule has 1 saturated carbocycles. The van der Waals surface area contributed by atoms with Crippen molar-refractivity contribution in [3.8, 4) is 0 Å². The van der Waals surface area contributed by atoms with Gasteiger partial charge in [-0.3, -0.25) is 4.79 Å². The molecule has 3 N–H and O–H groups in total. The number of furan rings is 1. The quantitative estimate of drug-likeness (QED) is 0.573. The van der Waals surface area contributed by atoms with E-state index in [0.717, 1.165) is 42.2 Å². The van der Waals surface area contributed by atoms with Gasteiger partial charge in [-0.05, 0) is 30.5 Å². The maximum atomic E-state index is 12.6. The predicted octanol–water partition coefficient (Wildman–Crippen LogP) is 4.27. The number of carbonyl (C=O) groups excluding carboxylic acids is 2. The van der Waals surface area contributed by atoms with E-state index in [2.05, 4.69) is 16.0 Å². The Kier molecular flexibility index (Phi) is 6.32. The van der Waals surface area contributed by atoms with E-state index in [0.29, 0.717) is 5.76 Å². The van der Waals surface area contributed by atoms with Crippen LogP contribution in [0.3, 0.4) is 0 Å². The molecule has 0 aliphatic heterocycles. The Labute approximate surface area is 176 Å². The Hall–Kier alpha value is -3.28. The zero-order valence-corrected chi connectivity index (χ0v) is 16.9. The largest absolute Gasteiger partial charge is 0.459 e. The first-order chi connectivity index (χ1) is 14.7. The standard InChI is InChI=1S/C24H27N3O3/c28-22(16-25-24(29)26-19-12-5-2-6-13-19)27-23(17-9-3-1-4-10-17)21-15-18-11-7-8-14-20(18)30-21/h1,3-4,7-11,14-15,19,23H,2,5-6,12-13,16H2,(H,27,28)(H2,25,26,29). The highest BCUT2D eigenvalue weighted by molar-refractivity contribution is 5.85. The van der Waals surface area contributed by atoms with E-state index >= 15 is 0 Å². The molecule has 3 amide bonds. The molecule has 2 aromatic carbocycles. The molecular weight excluding hydrogens is 378 g/mol. The number of fused-ring (bicyclic) bond motifs is 1. The van der Waals surface area contributed by atoms with Crippen molar-refractivity contribution in [3.05, 3.63) is 72.0 Å². The van der Waals surface area contributed by atoms with Crippen molar-refractivity contribution in [2.24, 2.45) is 0 Å². The minimum Gasteiger partial charge on any atom is -0.459 e. The molecule has 1 atom stereocenters. The van der Waals surface area contributed by atoms with Crippen molar-refractivity contribution in [1.82, 2.24) is 16.0 Å². The van der Waals surface area contributed by atoms with Crippen LogP contribution >= 0.6 is 0 Å². The molecule has 1 heterocycles. The molecule has 4 rings (SSSR count). The second-order valence-corrected chi connectivity index (χ2v) is 7.76. The first-order valence-corrected chi connectivity index (χ1v) is 10.6. The molecule has 1 aliphatic carbocycles. The van der Waals surface area contributed by atoms with Crippen LogP contribution in [0.15, 0.2) is 65.1 Å². The van der Waals surface area contributed by atoms with Crippen LogP contribution in [0, 0.1) is 0 Å². The predicted molar refractivity (Wildman–Crippen MR) is 116 cm³/mol. The van der Waals surface area contributed by atoms with Gasteiger partial charge < -0.3 is 20.4 Å². The van der Waals surface area contributed by atoms with Crippen molar-refractivity contribution in [2.75, 3.05) is 6.54 Å². The maximum Gasteiger partial charge on any atom is 0.315 e. The van der Waals surface area contributed by atoms with Gasteiger partial charge in [0.05, 0.1) is 6.54 Å². The topological polar surface area (TPSA) is 83.4 Å². The summed E-state index contributed by atoms with van der Waals surface area (Å²) in [5.74, 6) is 0.380. The molecule has 0 bridgehead atoms. The number of hydrogen-bond donors (Lipinski definition) is 3. The van der Waals surface area contributed by atoms with Gasteiger partial charge in [-0.25, -0.2) is 4.79 Å². The molecule has 156 valence electrons. The third-order valence-corrected chi connectivity index (χ3v) is 5.52. The second-order valence-electron chi connectivity index (χ2n) is 7.76. The van der Waals surface area contributed by atoms with Gasteiger partial charge in [0.2, 0.25) is 5.91 Å². The first kappa shape index (κ1) is 20.0. The van der Waals surface area contributed by atoms with E-state index in [-0.39, 0.29) is 24.5 Å². The summed E-state index contributed by atoms with van der Waals surface area (Å²) in [6, 6.07) is 18.8. The molecule has 0 saturated heterocycles. The fraction of sp³-hybridized carbons (Fsp3) is 0.333. The van der Waals surface area contributed by atoms with E-state index in [4.69, 9.17) is 4.42 Å². The number of benzene rings is 2. The van der Waals surface area contributed by atoms with Crippen molar-refractivity contribution < 1.29 is 14.0 Å². The normalized spacial score (nSPS) is 15.5. The molecule has 1 aromatic heterocycles. The molecule has 3 aromatic rings. The third kappa shape index (κ3) is 5.00. The van der Waals surface area contributed by atoms with Crippen LogP contribution in [0.4, 0.5) is 4.79 Å². The molecule has 1 unspecified atom stereocenters. The summed E-state index contributed by atoms with van der Waals surface area (Å²) in [7, 11) is 0. The van der Waals surface area contributed by atoms with E-state index in [9.17, 15) is 9.59 Å². The minimum atomic E-state index is -0.436. The molecule has 6 nitrogen and oxygen atoms in total. The lowest BCUT2D eigenvalue weighted by molar-refractivity contribution is -0.120. The monoisotopic (exact) mass is 405 g/mol. The van der Waals surface area contributed by atoms with Crippen molar-refractivity contribution in [1.29, 1.82) is 0 Å². The summed E-state index contributed by atoms with van der Waals surface area (Å²) in [5, 5.41) is 9.61. The number of carbonyl (C=O) groups is 2. The Morgan fingerprint density at radius 3 is 2.47 bits per heavy atom. The number of nitrogens with one attached hydrogen (secondary N) is 3. The summed E-state index contributed by atoms with van der Waals surface area (Å²) in [6.07, 6.45) is 5.51. The van der Waals surface area contributed by atoms with E-state index in [1.165, 1.54) is 6.42 Å². The highest BCUT2D eigenvalue weighted by Gasteiger charge is 2.21. The Morgan fingerprint density at radius 1 is 0.967 bits per heavy atom. The van der Waals surface area contributed by atoms with E-state index in [1.54, 1.807) is 0 Å². The van der Waals surface area contributed by atoms with Crippen LogP contribution in [0.5, 0.6) is 0 Å². The van der Waals surface area contributed by atoms with Gasteiger partial charge >= 0.3 is 6.03 Å². The summed E-state index contributed by atoms with van der Waals surface area (Å²) in [6.45, 7) is -0.0951. The summed E-state index contributed by atoms with van der Waals surface area (Å²) in [4.78, 5) is 24.8. The fourth-order valence-electron chi connectivity index (χ4n) is 3.96. The first-order valence-electron chi connectivity index (χ1n) is 10.6. The lowest BCUT2D eigenvalue weighted by atomic mass is 9.96. The summed E-state index contributed by atoms with van der Waals surface area (Å²) >= 11 is 0. The number of hydrogen-bond acceptors (Lipinski definition) is 3. The van der Waals surface area contributed by atoms with Gasteiger partial charge in [0.15, 0.2) is 0 Å². The van der Waals surface area contributed by atoms with Crippen LogP contribution in [-0.2, 0) is 4.79 Å². The van der Waals surface area contributed by atoms with Crippen molar-refractivity contribution in [3.63, 3.8) is 0 Å².